The minimum absolute atomic E-state index is 0.0179. The van der Waals surface area contributed by atoms with Crippen LogP contribution in [0.15, 0.2) is 39.4 Å². The van der Waals surface area contributed by atoms with Gasteiger partial charge in [0.15, 0.2) is 11.5 Å². The van der Waals surface area contributed by atoms with Gasteiger partial charge >= 0.3 is 5.69 Å². The van der Waals surface area contributed by atoms with Crippen molar-refractivity contribution in [3.05, 3.63) is 61.9 Å². The number of benzene rings is 1. The summed E-state index contributed by atoms with van der Waals surface area (Å²) in [6, 6.07) is 7.32. The summed E-state index contributed by atoms with van der Waals surface area (Å²) in [6.45, 7) is 2.11. The van der Waals surface area contributed by atoms with E-state index in [9.17, 15) is 9.59 Å². The summed E-state index contributed by atoms with van der Waals surface area (Å²) in [7, 11) is 3.11. The molecule has 0 radical (unpaired) electrons. The number of para-hydroxylation sites is 1. The van der Waals surface area contributed by atoms with Crippen LogP contribution in [-0.4, -0.2) is 28.3 Å². The van der Waals surface area contributed by atoms with E-state index in [0.29, 0.717) is 28.7 Å². The Balaban J connectivity index is 2.03. The molecule has 8 nitrogen and oxygen atoms in total. The van der Waals surface area contributed by atoms with Crippen LogP contribution < -0.4 is 20.7 Å². The molecule has 0 aliphatic heterocycles. The van der Waals surface area contributed by atoms with E-state index in [4.69, 9.17) is 14.7 Å². The molecule has 28 heavy (non-hydrogen) atoms. The molecule has 2 aromatic heterocycles. The lowest BCUT2D eigenvalue weighted by Gasteiger charge is -2.10. The largest absolute Gasteiger partial charge is 0.493 e. The Kier molecular flexibility index (Phi) is 5.61. The van der Waals surface area contributed by atoms with E-state index >= 15 is 0 Å². The zero-order valence-corrected chi connectivity index (χ0v) is 16.4. The quantitative estimate of drug-likeness (QED) is 0.630. The second-order valence-electron chi connectivity index (χ2n) is 5.80. The van der Waals surface area contributed by atoms with Gasteiger partial charge in [-0.15, -0.1) is 11.3 Å². The normalized spacial score (nSPS) is 10.5. The van der Waals surface area contributed by atoms with Gasteiger partial charge in [-0.2, -0.15) is 5.26 Å². The van der Waals surface area contributed by atoms with Gasteiger partial charge in [-0.1, -0.05) is 6.07 Å². The Bertz CT molecular complexity index is 1170. The zero-order valence-electron chi connectivity index (χ0n) is 15.6. The van der Waals surface area contributed by atoms with Crippen molar-refractivity contribution in [3.63, 3.8) is 0 Å². The number of aromatic nitrogens is 3. The molecule has 0 aliphatic rings. The molecule has 0 N–H and O–H groups in total. The number of hydrogen-bond donors (Lipinski definition) is 0. The number of nitrogens with zero attached hydrogens (tertiary/aromatic N) is 4. The van der Waals surface area contributed by atoms with Gasteiger partial charge in [0.05, 0.1) is 32.0 Å². The number of nitriles is 1. The zero-order chi connectivity index (χ0) is 20.3. The van der Waals surface area contributed by atoms with E-state index in [1.807, 2.05) is 18.2 Å². The lowest BCUT2D eigenvalue weighted by Crippen LogP contribution is -2.41. The summed E-state index contributed by atoms with van der Waals surface area (Å²) in [6.07, 6.45) is 1.29. The van der Waals surface area contributed by atoms with Crippen LogP contribution in [0.5, 0.6) is 11.5 Å². The van der Waals surface area contributed by atoms with Crippen molar-refractivity contribution in [2.45, 2.75) is 20.0 Å². The Hall–Kier alpha value is -3.38. The molecule has 0 spiro atoms. The highest BCUT2D eigenvalue weighted by Crippen LogP contribution is 2.38. The molecular formula is C19H18N4O4S. The van der Waals surface area contributed by atoms with Crippen molar-refractivity contribution < 1.29 is 9.47 Å². The molecule has 0 atom stereocenters. The Morgan fingerprint density at radius 1 is 1.25 bits per heavy atom. The van der Waals surface area contributed by atoms with Crippen LogP contribution in [-0.2, 0) is 13.1 Å². The van der Waals surface area contributed by atoms with E-state index in [1.54, 1.807) is 32.6 Å². The number of thiazole rings is 1. The predicted octanol–water partition coefficient (Wildman–Crippen LogP) is 2.09. The van der Waals surface area contributed by atoms with E-state index in [0.717, 1.165) is 10.1 Å². The van der Waals surface area contributed by atoms with Crippen LogP contribution in [0.4, 0.5) is 0 Å². The molecule has 0 aliphatic carbocycles. The van der Waals surface area contributed by atoms with Crippen LogP contribution >= 0.6 is 11.3 Å². The number of hydrogen-bond acceptors (Lipinski definition) is 7. The lowest BCUT2D eigenvalue weighted by molar-refractivity contribution is 0.356. The highest BCUT2D eigenvalue weighted by atomic mass is 32.1. The highest BCUT2D eigenvalue weighted by Gasteiger charge is 2.16. The number of methoxy groups -OCH3 is 2. The van der Waals surface area contributed by atoms with Crippen LogP contribution in [0.25, 0.3) is 10.6 Å². The van der Waals surface area contributed by atoms with Crippen molar-refractivity contribution >= 4 is 11.3 Å². The van der Waals surface area contributed by atoms with Crippen molar-refractivity contribution in [1.29, 1.82) is 5.26 Å². The van der Waals surface area contributed by atoms with Gasteiger partial charge in [-0.3, -0.25) is 13.9 Å². The maximum atomic E-state index is 12.5. The Morgan fingerprint density at radius 3 is 2.68 bits per heavy atom. The van der Waals surface area contributed by atoms with Gasteiger partial charge in [0.2, 0.25) is 0 Å². The average molecular weight is 398 g/mol. The number of ether oxygens (including phenoxy) is 2. The Labute approximate surface area is 164 Å². The van der Waals surface area contributed by atoms with Gasteiger partial charge in [0.25, 0.3) is 5.56 Å². The number of aryl methyl sites for hydroxylation is 1. The molecule has 0 saturated carbocycles. The molecule has 0 unspecified atom stereocenters. The molecule has 9 heteroatoms. The molecule has 2 heterocycles. The second kappa shape index (κ2) is 8.10. The van der Waals surface area contributed by atoms with Crippen LogP contribution in [0.1, 0.15) is 18.2 Å². The highest BCUT2D eigenvalue weighted by molar-refractivity contribution is 7.13. The van der Waals surface area contributed by atoms with Gasteiger partial charge in [0.1, 0.15) is 16.6 Å². The topological polar surface area (TPSA) is 99.1 Å². The summed E-state index contributed by atoms with van der Waals surface area (Å²) >= 11 is 1.37. The SMILES string of the molecule is CCn1cc(C#N)c(=O)n(Cc2csc(-c3cccc(OC)c3OC)n2)c1=O. The smallest absolute Gasteiger partial charge is 0.331 e. The van der Waals surface area contributed by atoms with Crippen molar-refractivity contribution in [3.8, 4) is 28.1 Å². The predicted molar refractivity (Wildman–Crippen MR) is 105 cm³/mol. The lowest BCUT2D eigenvalue weighted by atomic mass is 10.2. The fourth-order valence-electron chi connectivity index (χ4n) is 2.82. The van der Waals surface area contributed by atoms with Crippen LogP contribution in [0, 0.1) is 11.3 Å². The van der Waals surface area contributed by atoms with E-state index in [1.165, 1.54) is 22.1 Å². The average Bonchev–Trinajstić information content (AvgIpc) is 3.19. The van der Waals surface area contributed by atoms with Gasteiger partial charge in [0, 0.05) is 18.1 Å². The van der Waals surface area contributed by atoms with Crippen molar-refractivity contribution in [1.82, 2.24) is 14.1 Å². The monoisotopic (exact) mass is 398 g/mol. The summed E-state index contributed by atoms with van der Waals surface area (Å²) in [5.74, 6) is 1.14. The first kappa shape index (κ1) is 19.4. The van der Waals surface area contributed by atoms with Crippen LogP contribution in [0.2, 0.25) is 0 Å². The second-order valence-corrected chi connectivity index (χ2v) is 6.66. The Morgan fingerprint density at radius 2 is 2.04 bits per heavy atom. The summed E-state index contributed by atoms with van der Waals surface area (Å²) in [4.78, 5) is 29.5. The minimum atomic E-state index is -0.620. The van der Waals surface area contributed by atoms with E-state index < -0.39 is 11.2 Å². The standard InChI is InChI=1S/C19H18N4O4S/c1-4-22-9-12(8-20)18(24)23(19(22)25)10-13-11-28-17(21-13)14-6-5-7-15(26-2)16(14)27-3/h5-7,9,11H,4,10H2,1-3H3. The maximum Gasteiger partial charge on any atom is 0.331 e. The van der Waals surface area contributed by atoms with Crippen molar-refractivity contribution in [2.24, 2.45) is 0 Å². The molecule has 1 aromatic carbocycles. The molecule has 3 rings (SSSR count). The first-order valence-electron chi connectivity index (χ1n) is 8.44. The van der Waals surface area contributed by atoms with Crippen LogP contribution in [0.3, 0.4) is 0 Å². The van der Waals surface area contributed by atoms with Gasteiger partial charge < -0.3 is 9.47 Å². The van der Waals surface area contributed by atoms with Crippen molar-refractivity contribution in [2.75, 3.05) is 14.2 Å². The molecule has 0 bridgehead atoms. The minimum Gasteiger partial charge on any atom is -0.493 e. The molecule has 144 valence electrons. The first-order chi connectivity index (χ1) is 13.5. The molecule has 0 saturated heterocycles. The molecule has 3 aromatic rings. The maximum absolute atomic E-state index is 12.5. The summed E-state index contributed by atoms with van der Waals surface area (Å²) in [5.41, 5.74) is 0.126. The number of rotatable bonds is 6. The molecular weight excluding hydrogens is 380 g/mol. The molecule has 0 fully saturated rings. The molecule has 0 amide bonds. The van der Waals surface area contributed by atoms with Gasteiger partial charge in [-0.25, -0.2) is 9.78 Å². The summed E-state index contributed by atoms with van der Waals surface area (Å²) < 4.78 is 13.1. The third-order valence-corrected chi connectivity index (χ3v) is 5.13. The third kappa shape index (κ3) is 3.42. The first-order valence-corrected chi connectivity index (χ1v) is 9.32. The van der Waals surface area contributed by atoms with E-state index in [2.05, 4.69) is 4.98 Å². The fraction of sp³-hybridized carbons (Fsp3) is 0.263. The fourth-order valence-corrected chi connectivity index (χ4v) is 3.65. The third-order valence-electron chi connectivity index (χ3n) is 4.20. The van der Waals surface area contributed by atoms with Gasteiger partial charge in [-0.05, 0) is 19.1 Å². The van der Waals surface area contributed by atoms with E-state index in [-0.39, 0.29) is 12.1 Å². The summed E-state index contributed by atoms with van der Waals surface area (Å²) in [5, 5.41) is 11.6.